The summed E-state index contributed by atoms with van der Waals surface area (Å²) in [6, 6.07) is 5.53. The highest BCUT2D eigenvalue weighted by Gasteiger charge is 2.22. The Morgan fingerprint density at radius 1 is 1.46 bits per heavy atom. The second-order valence-corrected chi connectivity index (χ2v) is 6.26. The molecule has 1 aliphatic heterocycles. The van der Waals surface area contributed by atoms with Gasteiger partial charge in [-0.15, -0.1) is 0 Å². The van der Waals surface area contributed by atoms with Crippen molar-refractivity contribution in [3.63, 3.8) is 0 Å². The van der Waals surface area contributed by atoms with E-state index in [1.807, 2.05) is 0 Å². The molecule has 124 valence electrons. The molecular formula is C18H20N4O2. The number of carbonyl (C=O) groups is 1. The van der Waals surface area contributed by atoms with Gasteiger partial charge in [0.05, 0.1) is 18.2 Å². The number of primary amides is 1. The third kappa shape index (κ3) is 2.73. The Morgan fingerprint density at radius 3 is 2.88 bits per heavy atom. The van der Waals surface area contributed by atoms with Gasteiger partial charge in [-0.3, -0.25) is 4.79 Å². The summed E-state index contributed by atoms with van der Waals surface area (Å²) < 4.78 is 5.32. The molecule has 1 aromatic carbocycles. The molecule has 1 aromatic heterocycles. The fourth-order valence-electron chi connectivity index (χ4n) is 3.34. The Hall–Kier alpha value is -2.81. The summed E-state index contributed by atoms with van der Waals surface area (Å²) in [6.07, 6.45) is 3.88. The Kier molecular flexibility index (Phi) is 4.26. The lowest BCUT2D eigenvalue weighted by molar-refractivity contribution is 0.0997. The van der Waals surface area contributed by atoms with Gasteiger partial charge in [0, 0.05) is 30.1 Å². The summed E-state index contributed by atoms with van der Waals surface area (Å²) in [5.74, 6) is 1.24. The van der Waals surface area contributed by atoms with Crippen LogP contribution in [0.2, 0.25) is 0 Å². The standard InChI is InChI=1S/C18H20N4O2/c1-11-4-3-5-22(10-11)18-14-7-16(24-2)15(17(20)23)6-13(14)12(8-19)9-21-18/h6-7,9,11H,3-5,10H2,1-2H3,(H2,20,23)/t11-/m0/s1. The van der Waals surface area contributed by atoms with Crippen LogP contribution in [0.5, 0.6) is 5.75 Å². The molecule has 0 aliphatic carbocycles. The Morgan fingerprint density at radius 2 is 2.25 bits per heavy atom. The quantitative estimate of drug-likeness (QED) is 0.936. The zero-order valence-electron chi connectivity index (χ0n) is 13.9. The largest absolute Gasteiger partial charge is 0.496 e. The summed E-state index contributed by atoms with van der Waals surface area (Å²) in [5.41, 5.74) is 6.13. The summed E-state index contributed by atoms with van der Waals surface area (Å²) >= 11 is 0. The minimum atomic E-state index is -0.581. The molecule has 0 saturated carbocycles. The zero-order chi connectivity index (χ0) is 17.3. The smallest absolute Gasteiger partial charge is 0.252 e. The summed E-state index contributed by atoms with van der Waals surface area (Å²) in [6.45, 7) is 4.08. The number of fused-ring (bicyclic) bond motifs is 1. The number of rotatable bonds is 3. The molecule has 6 heteroatoms. The Bertz CT molecular complexity index is 841. The first-order chi connectivity index (χ1) is 11.5. The normalized spacial score (nSPS) is 17.5. The van der Waals surface area contributed by atoms with Gasteiger partial charge in [-0.1, -0.05) is 6.92 Å². The van der Waals surface area contributed by atoms with Gasteiger partial charge in [0.25, 0.3) is 5.91 Å². The van der Waals surface area contributed by atoms with Crippen molar-refractivity contribution < 1.29 is 9.53 Å². The second kappa shape index (κ2) is 6.36. The summed E-state index contributed by atoms with van der Waals surface area (Å²) in [4.78, 5) is 18.4. The lowest BCUT2D eigenvalue weighted by Crippen LogP contribution is -2.35. The van der Waals surface area contributed by atoms with Crippen molar-refractivity contribution in [3.8, 4) is 11.8 Å². The third-order valence-corrected chi connectivity index (χ3v) is 4.53. The highest BCUT2D eigenvalue weighted by atomic mass is 16.5. The minimum absolute atomic E-state index is 0.269. The average molecular weight is 324 g/mol. The SMILES string of the molecule is COc1cc2c(N3CCC[C@H](C)C3)ncc(C#N)c2cc1C(N)=O. The predicted molar refractivity (Wildman–Crippen MR) is 92.1 cm³/mol. The molecule has 2 heterocycles. The first-order valence-electron chi connectivity index (χ1n) is 8.00. The van der Waals surface area contributed by atoms with E-state index in [1.165, 1.54) is 13.5 Å². The van der Waals surface area contributed by atoms with E-state index in [0.717, 1.165) is 30.7 Å². The monoisotopic (exact) mass is 324 g/mol. The maximum absolute atomic E-state index is 11.7. The van der Waals surface area contributed by atoms with E-state index in [9.17, 15) is 10.1 Å². The van der Waals surface area contributed by atoms with Crippen molar-refractivity contribution in [2.45, 2.75) is 19.8 Å². The summed E-state index contributed by atoms with van der Waals surface area (Å²) in [5, 5.41) is 10.9. The number of carbonyl (C=O) groups excluding carboxylic acids is 1. The van der Waals surface area contributed by atoms with Crippen molar-refractivity contribution in [1.29, 1.82) is 5.26 Å². The number of nitriles is 1. The molecule has 0 unspecified atom stereocenters. The molecule has 6 nitrogen and oxygen atoms in total. The van der Waals surface area contributed by atoms with Crippen molar-refractivity contribution in [2.75, 3.05) is 25.1 Å². The van der Waals surface area contributed by atoms with Crippen LogP contribution in [0.25, 0.3) is 10.8 Å². The van der Waals surface area contributed by atoms with Crippen LogP contribution < -0.4 is 15.4 Å². The number of nitrogens with two attached hydrogens (primary N) is 1. The van der Waals surface area contributed by atoms with Gasteiger partial charge in [-0.2, -0.15) is 5.26 Å². The maximum atomic E-state index is 11.7. The van der Waals surface area contributed by atoms with Crippen LogP contribution in [0.4, 0.5) is 5.82 Å². The number of pyridine rings is 1. The number of nitrogens with zero attached hydrogens (tertiary/aromatic N) is 3. The van der Waals surface area contributed by atoms with E-state index in [2.05, 4.69) is 22.9 Å². The first kappa shape index (κ1) is 16.1. The fraction of sp³-hybridized carbons (Fsp3) is 0.389. The molecule has 0 bridgehead atoms. The van der Waals surface area contributed by atoms with Crippen molar-refractivity contribution >= 4 is 22.5 Å². The van der Waals surface area contributed by atoms with Gasteiger partial charge in [0.15, 0.2) is 0 Å². The molecule has 24 heavy (non-hydrogen) atoms. The van der Waals surface area contributed by atoms with Gasteiger partial charge in [0.1, 0.15) is 17.6 Å². The number of aromatic nitrogens is 1. The van der Waals surface area contributed by atoms with Gasteiger partial charge in [-0.05, 0) is 30.9 Å². The molecule has 0 radical (unpaired) electrons. The molecule has 3 rings (SSSR count). The van der Waals surface area contributed by atoms with E-state index in [0.29, 0.717) is 22.6 Å². The number of ether oxygens (including phenoxy) is 1. The maximum Gasteiger partial charge on any atom is 0.252 e. The molecular weight excluding hydrogens is 304 g/mol. The number of methoxy groups -OCH3 is 1. The number of benzene rings is 1. The van der Waals surface area contributed by atoms with Crippen molar-refractivity contribution in [3.05, 3.63) is 29.5 Å². The molecule has 0 spiro atoms. The van der Waals surface area contributed by atoms with Crippen LogP contribution in [-0.2, 0) is 0 Å². The van der Waals surface area contributed by atoms with Crippen molar-refractivity contribution in [1.82, 2.24) is 4.98 Å². The van der Waals surface area contributed by atoms with Gasteiger partial charge in [-0.25, -0.2) is 4.98 Å². The number of hydrogen-bond acceptors (Lipinski definition) is 5. The van der Waals surface area contributed by atoms with Crippen LogP contribution in [0.1, 0.15) is 35.7 Å². The van der Waals surface area contributed by atoms with E-state index in [-0.39, 0.29) is 5.56 Å². The first-order valence-corrected chi connectivity index (χ1v) is 8.00. The molecule has 2 N–H and O–H groups in total. The van der Waals surface area contributed by atoms with E-state index >= 15 is 0 Å². The number of piperidine rings is 1. The third-order valence-electron chi connectivity index (χ3n) is 4.53. The van der Waals surface area contributed by atoms with Gasteiger partial charge in [0.2, 0.25) is 0 Å². The van der Waals surface area contributed by atoms with E-state index < -0.39 is 5.91 Å². The van der Waals surface area contributed by atoms with E-state index in [4.69, 9.17) is 10.5 Å². The Balaban J connectivity index is 2.24. The number of amides is 1. The van der Waals surface area contributed by atoms with Crippen LogP contribution >= 0.6 is 0 Å². The van der Waals surface area contributed by atoms with E-state index in [1.54, 1.807) is 18.3 Å². The zero-order valence-corrected chi connectivity index (χ0v) is 13.9. The minimum Gasteiger partial charge on any atom is -0.496 e. The predicted octanol–water partition coefficient (Wildman–Crippen LogP) is 2.45. The van der Waals surface area contributed by atoms with Crippen LogP contribution in [-0.4, -0.2) is 31.1 Å². The molecule has 1 atom stereocenters. The van der Waals surface area contributed by atoms with Crippen LogP contribution in [0, 0.1) is 17.2 Å². The van der Waals surface area contributed by atoms with Crippen molar-refractivity contribution in [2.24, 2.45) is 11.7 Å². The highest BCUT2D eigenvalue weighted by molar-refractivity contribution is 6.04. The lowest BCUT2D eigenvalue weighted by Gasteiger charge is -2.32. The fourth-order valence-corrected chi connectivity index (χ4v) is 3.34. The van der Waals surface area contributed by atoms with Crippen LogP contribution in [0.15, 0.2) is 18.3 Å². The molecule has 1 aliphatic rings. The Labute approximate surface area is 140 Å². The average Bonchev–Trinajstić information content (AvgIpc) is 2.59. The molecule has 1 saturated heterocycles. The lowest BCUT2D eigenvalue weighted by atomic mass is 9.98. The number of anilines is 1. The van der Waals surface area contributed by atoms with Gasteiger partial charge < -0.3 is 15.4 Å². The molecule has 1 fully saturated rings. The highest BCUT2D eigenvalue weighted by Crippen LogP contribution is 2.34. The molecule has 2 aromatic rings. The topological polar surface area (TPSA) is 92.2 Å². The van der Waals surface area contributed by atoms with Gasteiger partial charge >= 0.3 is 0 Å². The second-order valence-electron chi connectivity index (χ2n) is 6.26. The number of hydrogen-bond donors (Lipinski definition) is 1. The molecule has 1 amide bonds. The van der Waals surface area contributed by atoms with Crippen LogP contribution in [0.3, 0.4) is 0 Å². The summed E-state index contributed by atoms with van der Waals surface area (Å²) in [7, 11) is 1.50.